The summed E-state index contributed by atoms with van der Waals surface area (Å²) in [5, 5.41) is 8.82. The highest BCUT2D eigenvalue weighted by Gasteiger charge is 2.43. The number of carbonyl (C=O) groups is 2. The highest BCUT2D eigenvalue weighted by Crippen LogP contribution is 2.32. The van der Waals surface area contributed by atoms with Gasteiger partial charge in [0.15, 0.2) is 0 Å². The Morgan fingerprint density at radius 2 is 1.80 bits per heavy atom. The van der Waals surface area contributed by atoms with Crippen LogP contribution < -0.4 is 4.90 Å². The molecule has 2 unspecified atom stereocenters. The van der Waals surface area contributed by atoms with E-state index in [2.05, 4.69) is 11.8 Å². The van der Waals surface area contributed by atoms with Crippen molar-refractivity contribution in [2.75, 3.05) is 11.5 Å². The average molecular weight is 271 g/mol. The number of aryl methyl sites for hydroxylation is 1. The van der Waals surface area contributed by atoms with E-state index in [1.807, 2.05) is 19.1 Å². The lowest BCUT2D eigenvalue weighted by molar-refractivity contribution is -0.122. The zero-order chi connectivity index (χ0) is 14.9. The van der Waals surface area contributed by atoms with Crippen molar-refractivity contribution >= 4 is 17.5 Å². The van der Waals surface area contributed by atoms with Crippen LogP contribution in [0.1, 0.15) is 25.0 Å². The van der Waals surface area contributed by atoms with Gasteiger partial charge in [-0.3, -0.25) is 9.59 Å². The fourth-order valence-electron chi connectivity index (χ4n) is 2.26. The van der Waals surface area contributed by atoms with E-state index in [-0.39, 0.29) is 30.3 Å². The molecule has 104 valence electrons. The molecule has 20 heavy (non-hydrogen) atoms. The zero-order valence-corrected chi connectivity index (χ0v) is 11.8. The van der Waals surface area contributed by atoms with Gasteiger partial charge in [-0.15, -0.1) is 0 Å². The van der Waals surface area contributed by atoms with Crippen LogP contribution in [0.25, 0.3) is 0 Å². The van der Waals surface area contributed by atoms with E-state index in [1.165, 1.54) is 4.90 Å². The standard InChI is InChI=1S/C16H17NO3/c1-10-6-7-14(13(9-10)5-4-8-18)17-15(19)11(2)12(3)16(17)20/h6-7,9,11-12,18H,8H2,1-3H3. The molecule has 0 radical (unpaired) electrons. The second-order valence-corrected chi connectivity index (χ2v) is 5.07. The number of amides is 2. The Morgan fingerprint density at radius 1 is 1.20 bits per heavy atom. The number of rotatable bonds is 1. The van der Waals surface area contributed by atoms with E-state index >= 15 is 0 Å². The predicted molar refractivity (Wildman–Crippen MR) is 76.0 cm³/mol. The van der Waals surface area contributed by atoms with Crippen molar-refractivity contribution in [1.29, 1.82) is 0 Å². The first-order chi connectivity index (χ1) is 9.47. The number of carbonyl (C=O) groups excluding carboxylic acids is 2. The number of hydrogen-bond donors (Lipinski definition) is 1. The first-order valence-corrected chi connectivity index (χ1v) is 6.55. The molecule has 4 nitrogen and oxygen atoms in total. The largest absolute Gasteiger partial charge is 0.384 e. The summed E-state index contributed by atoms with van der Waals surface area (Å²) >= 11 is 0. The van der Waals surface area contributed by atoms with E-state index in [4.69, 9.17) is 5.11 Å². The summed E-state index contributed by atoms with van der Waals surface area (Å²) in [7, 11) is 0. The summed E-state index contributed by atoms with van der Waals surface area (Å²) in [4.78, 5) is 25.7. The molecule has 4 heteroatoms. The molecule has 2 atom stereocenters. The average Bonchev–Trinajstić information content (AvgIpc) is 2.62. The van der Waals surface area contributed by atoms with E-state index < -0.39 is 0 Å². The number of anilines is 1. The molecule has 1 aromatic carbocycles. The first-order valence-electron chi connectivity index (χ1n) is 6.55. The third-order valence-electron chi connectivity index (χ3n) is 3.66. The molecule has 1 aromatic rings. The van der Waals surface area contributed by atoms with Crippen molar-refractivity contribution in [3.05, 3.63) is 29.3 Å². The van der Waals surface area contributed by atoms with Crippen LogP contribution in [0.4, 0.5) is 5.69 Å². The Kier molecular flexibility index (Phi) is 3.91. The lowest BCUT2D eigenvalue weighted by atomic mass is 10.00. The van der Waals surface area contributed by atoms with Crippen LogP contribution in [0.3, 0.4) is 0 Å². The van der Waals surface area contributed by atoms with Gasteiger partial charge >= 0.3 is 0 Å². The number of nitrogens with zero attached hydrogens (tertiary/aromatic N) is 1. The molecule has 1 N–H and O–H groups in total. The van der Waals surface area contributed by atoms with Gasteiger partial charge in [-0.2, -0.15) is 0 Å². The SMILES string of the molecule is Cc1ccc(N2C(=O)C(C)C(C)C2=O)c(C#CCO)c1. The third-order valence-corrected chi connectivity index (χ3v) is 3.66. The van der Waals surface area contributed by atoms with Crippen LogP contribution in [0.2, 0.25) is 0 Å². The summed E-state index contributed by atoms with van der Waals surface area (Å²) in [6, 6.07) is 5.39. The van der Waals surface area contributed by atoms with Crippen molar-refractivity contribution in [1.82, 2.24) is 0 Å². The van der Waals surface area contributed by atoms with Crippen LogP contribution in [0.5, 0.6) is 0 Å². The molecule has 0 aromatic heterocycles. The van der Waals surface area contributed by atoms with Gasteiger partial charge in [0.25, 0.3) is 0 Å². The van der Waals surface area contributed by atoms with Crippen LogP contribution >= 0.6 is 0 Å². The Bertz CT molecular complexity index is 604. The molecule has 2 rings (SSSR count). The second kappa shape index (κ2) is 5.48. The van der Waals surface area contributed by atoms with Gasteiger partial charge in [0.2, 0.25) is 11.8 Å². The summed E-state index contributed by atoms with van der Waals surface area (Å²) in [6.07, 6.45) is 0. The maximum atomic E-state index is 12.2. The third kappa shape index (κ3) is 2.33. The lowest BCUT2D eigenvalue weighted by Crippen LogP contribution is -2.31. The monoisotopic (exact) mass is 271 g/mol. The van der Waals surface area contributed by atoms with Gasteiger partial charge in [-0.05, 0) is 24.6 Å². The highest BCUT2D eigenvalue weighted by atomic mass is 16.2. The van der Waals surface area contributed by atoms with Gasteiger partial charge in [-0.1, -0.05) is 31.8 Å². The molecule has 0 bridgehead atoms. The maximum absolute atomic E-state index is 12.2. The minimum atomic E-state index is -0.317. The van der Waals surface area contributed by atoms with Gasteiger partial charge in [-0.25, -0.2) is 4.90 Å². The quantitative estimate of drug-likeness (QED) is 0.622. The topological polar surface area (TPSA) is 57.6 Å². The normalized spacial score (nSPS) is 21.9. The minimum Gasteiger partial charge on any atom is -0.384 e. The van der Waals surface area contributed by atoms with Gasteiger partial charge in [0.1, 0.15) is 6.61 Å². The van der Waals surface area contributed by atoms with E-state index in [1.54, 1.807) is 19.9 Å². The number of imide groups is 1. The summed E-state index contributed by atoms with van der Waals surface area (Å²) in [5.74, 6) is 4.34. The summed E-state index contributed by atoms with van der Waals surface area (Å²) in [5.41, 5.74) is 2.07. The van der Waals surface area contributed by atoms with E-state index in [9.17, 15) is 9.59 Å². The smallest absolute Gasteiger partial charge is 0.237 e. The molecule has 1 fully saturated rings. The fourth-order valence-corrected chi connectivity index (χ4v) is 2.26. The van der Waals surface area contributed by atoms with Crippen molar-refractivity contribution in [3.8, 4) is 11.8 Å². The second-order valence-electron chi connectivity index (χ2n) is 5.07. The Morgan fingerprint density at radius 3 is 2.35 bits per heavy atom. The number of aliphatic hydroxyl groups is 1. The molecule has 1 aliphatic heterocycles. The molecule has 1 heterocycles. The predicted octanol–water partition coefficient (Wildman–Crippen LogP) is 1.48. The van der Waals surface area contributed by atoms with E-state index in [0.29, 0.717) is 11.3 Å². The minimum absolute atomic E-state index is 0.196. The molecule has 1 saturated heterocycles. The van der Waals surface area contributed by atoms with Gasteiger partial charge in [0.05, 0.1) is 5.69 Å². The first kappa shape index (κ1) is 14.3. The summed E-state index contributed by atoms with van der Waals surface area (Å²) < 4.78 is 0. The van der Waals surface area contributed by atoms with Crippen molar-refractivity contribution in [3.63, 3.8) is 0 Å². The Labute approximate surface area is 118 Å². The highest BCUT2D eigenvalue weighted by molar-refractivity contribution is 6.22. The lowest BCUT2D eigenvalue weighted by Gasteiger charge is -2.17. The number of benzene rings is 1. The number of hydrogen-bond acceptors (Lipinski definition) is 3. The van der Waals surface area contributed by atoms with Gasteiger partial charge < -0.3 is 5.11 Å². The molecular formula is C16H17NO3. The maximum Gasteiger partial charge on any atom is 0.237 e. The molecule has 0 spiro atoms. The molecule has 0 aliphatic carbocycles. The van der Waals surface area contributed by atoms with Gasteiger partial charge in [0, 0.05) is 17.4 Å². The Hall–Kier alpha value is -2.12. The Balaban J connectivity index is 2.53. The van der Waals surface area contributed by atoms with Crippen LogP contribution in [-0.4, -0.2) is 23.5 Å². The van der Waals surface area contributed by atoms with Crippen molar-refractivity contribution in [2.24, 2.45) is 11.8 Å². The molecular weight excluding hydrogens is 254 g/mol. The summed E-state index contributed by atoms with van der Waals surface area (Å²) in [6.45, 7) is 5.17. The van der Waals surface area contributed by atoms with Crippen LogP contribution in [-0.2, 0) is 9.59 Å². The molecule has 2 amide bonds. The number of aliphatic hydroxyl groups excluding tert-OH is 1. The van der Waals surface area contributed by atoms with Crippen LogP contribution in [0, 0.1) is 30.6 Å². The fraction of sp³-hybridized carbons (Fsp3) is 0.375. The van der Waals surface area contributed by atoms with E-state index in [0.717, 1.165) is 5.56 Å². The molecule has 1 aliphatic rings. The van der Waals surface area contributed by atoms with Crippen LogP contribution in [0.15, 0.2) is 18.2 Å². The van der Waals surface area contributed by atoms with Crippen molar-refractivity contribution in [2.45, 2.75) is 20.8 Å². The zero-order valence-electron chi connectivity index (χ0n) is 11.8. The van der Waals surface area contributed by atoms with Crippen molar-refractivity contribution < 1.29 is 14.7 Å². The molecule has 0 saturated carbocycles.